The van der Waals surface area contributed by atoms with E-state index < -0.39 is 29.6 Å². The van der Waals surface area contributed by atoms with Gasteiger partial charge in [-0.3, -0.25) is 19.2 Å². The lowest BCUT2D eigenvalue weighted by molar-refractivity contribution is -0.150. The molecule has 1 aliphatic rings. The van der Waals surface area contributed by atoms with Gasteiger partial charge in [-0.1, -0.05) is 12.1 Å². The van der Waals surface area contributed by atoms with Gasteiger partial charge in [0.1, 0.15) is 5.92 Å². The van der Waals surface area contributed by atoms with Gasteiger partial charge in [-0.15, -0.1) is 22.7 Å². The minimum Gasteiger partial charge on any atom is -0.469 e. The predicted octanol–water partition coefficient (Wildman–Crippen LogP) is 2.44. The van der Waals surface area contributed by atoms with Crippen LogP contribution >= 0.6 is 22.7 Å². The number of methoxy groups -OCH3 is 3. The molecular formula is C21H21NO8S2. The van der Waals surface area contributed by atoms with E-state index in [4.69, 9.17) is 0 Å². The zero-order valence-electron chi connectivity index (χ0n) is 17.5. The van der Waals surface area contributed by atoms with Crippen molar-refractivity contribution in [2.75, 3.05) is 21.3 Å². The third-order valence-electron chi connectivity index (χ3n) is 4.27. The molecule has 11 heteroatoms. The molecule has 0 aromatic carbocycles. The van der Waals surface area contributed by atoms with Crippen LogP contribution < -0.4 is 5.32 Å². The minimum atomic E-state index is -1.13. The summed E-state index contributed by atoms with van der Waals surface area (Å²) in [6.45, 7) is 0. The number of ether oxygens (including phenoxy) is 3. The summed E-state index contributed by atoms with van der Waals surface area (Å²) in [5.74, 6) is -3.52. The second-order valence-corrected chi connectivity index (χ2v) is 8.14. The van der Waals surface area contributed by atoms with Gasteiger partial charge >= 0.3 is 17.9 Å². The van der Waals surface area contributed by atoms with E-state index in [0.717, 1.165) is 4.88 Å². The van der Waals surface area contributed by atoms with Crippen molar-refractivity contribution in [1.82, 2.24) is 5.32 Å². The van der Waals surface area contributed by atoms with Crippen LogP contribution in [0.25, 0.3) is 5.70 Å². The molecule has 0 aliphatic carbocycles. The van der Waals surface area contributed by atoms with Crippen LogP contribution in [0, 0.1) is 5.92 Å². The molecule has 1 N–H and O–H groups in total. The minimum absolute atomic E-state index is 0.0971. The molecule has 0 bridgehead atoms. The number of esters is 3. The van der Waals surface area contributed by atoms with E-state index >= 15 is 0 Å². The largest absolute Gasteiger partial charge is 0.469 e. The molecule has 1 unspecified atom stereocenters. The van der Waals surface area contributed by atoms with Gasteiger partial charge in [0, 0.05) is 0 Å². The number of carbonyl (C=O) groups excluding carboxylic acids is 5. The first-order valence-corrected chi connectivity index (χ1v) is 11.0. The van der Waals surface area contributed by atoms with Crippen molar-refractivity contribution in [2.45, 2.75) is 12.8 Å². The van der Waals surface area contributed by atoms with Crippen LogP contribution in [0.4, 0.5) is 0 Å². The van der Waals surface area contributed by atoms with Crippen molar-refractivity contribution < 1.29 is 38.2 Å². The summed E-state index contributed by atoms with van der Waals surface area (Å²) in [7, 11) is 3.69. The van der Waals surface area contributed by atoms with E-state index in [1.165, 1.54) is 44.0 Å². The molecule has 1 amide bonds. The number of hydrogen-bond acceptors (Lipinski definition) is 10. The van der Waals surface area contributed by atoms with Gasteiger partial charge in [-0.2, -0.15) is 0 Å². The first kappa shape index (κ1) is 25.0. The summed E-state index contributed by atoms with van der Waals surface area (Å²) >= 11 is 2.69. The monoisotopic (exact) mass is 479 g/mol. The maximum atomic E-state index is 12.0. The average Bonchev–Trinajstić information content (AvgIpc) is 3.57. The summed E-state index contributed by atoms with van der Waals surface area (Å²) in [5.41, 5.74) is 0.992. The highest BCUT2D eigenvalue weighted by atomic mass is 32.1. The van der Waals surface area contributed by atoms with E-state index in [1.54, 1.807) is 17.5 Å². The van der Waals surface area contributed by atoms with Gasteiger partial charge in [0.05, 0.1) is 55.2 Å². The fourth-order valence-electron chi connectivity index (χ4n) is 2.70. The molecule has 2 aromatic heterocycles. The Balaban J connectivity index is 0.000000228. The van der Waals surface area contributed by atoms with Gasteiger partial charge in [0.2, 0.25) is 5.91 Å². The number of nitrogens with one attached hydrogen (secondary N) is 1. The van der Waals surface area contributed by atoms with Crippen LogP contribution in [-0.2, 0) is 33.4 Å². The number of amides is 1. The summed E-state index contributed by atoms with van der Waals surface area (Å²) < 4.78 is 13.6. The second-order valence-electron chi connectivity index (χ2n) is 6.24. The summed E-state index contributed by atoms with van der Waals surface area (Å²) in [6.07, 6.45) is -0.209. The Hall–Kier alpha value is -3.31. The molecule has 3 heterocycles. The average molecular weight is 480 g/mol. The number of carbonyl (C=O) groups is 5. The molecule has 1 atom stereocenters. The van der Waals surface area contributed by atoms with Crippen molar-refractivity contribution in [3.63, 3.8) is 0 Å². The van der Waals surface area contributed by atoms with Crippen LogP contribution in [0.3, 0.4) is 0 Å². The first-order valence-electron chi connectivity index (χ1n) is 9.19. The Morgan fingerprint density at radius 3 is 2.22 bits per heavy atom. The maximum Gasteiger partial charge on any atom is 0.336 e. The standard InChI is InChI=1S/C11H12O5S.C10H9NO3S/c1-15-9(12)6-7(11(14)16-2)10(13)8-4-3-5-17-8;1-14-10(13)6-5-8(12)11-9(6)7-3-2-4-15-7/h3-5,7H,6H2,1-2H3;2-4H,5H2,1H3,(H,11,12). The lowest BCUT2D eigenvalue weighted by Crippen LogP contribution is -2.28. The molecule has 1 aliphatic heterocycles. The Morgan fingerprint density at radius 2 is 1.69 bits per heavy atom. The number of ketones is 1. The topological polar surface area (TPSA) is 125 Å². The second kappa shape index (κ2) is 11.9. The van der Waals surface area contributed by atoms with Crippen molar-refractivity contribution in [2.24, 2.45) is 5.92 Å². The van der Waals surface area contributed by atoms with Gasteiger partial charge in [0.25, 0.3) is 0 Å². The highest BCUT2D eigenvalue weighted by molar-refractivity contribution is 7.12. The quantitative estimate of drug-likeness (QED) is 0.278. The summed E-state index contributed by atoms with van der Waals surface area (Å²) in [4.78, 5) is 58.5. The molecule has 32 heavy (non-hydrogen) atoms. The predicted molar refractivity (Wildman–Crippen MR) is 117 cm³/mol. The first-order chi connectivity index (χ1) is 15.3. The van der Waals surface area contributed by atoms with Crippen molar-refractivity contribution in [3.05, 3.63) is 50.4 Å². The third-order valence-corrected chi connectivity index (χ3v) is 6.04. The molecular weight excluding hydrogens is 458 g/mol. The molecule has 170 valence electrons. The van der Waals surface area contributed by atoms with Crippen LogP contribution in [0.2, 0.25) is 0 Å². The van der Waals surface area contributed by atoms with E-state index in [1.807, 2.05) is 17.5 Å². The lowest BCUT2D eigenvalue weighted by Gasteiger charge is -2.11. The maximum absolute atomic E-state index is 12.0. The molecule has 0 radical (unpaired) electrons. The van der Waals surface area contributed by atoms with E-state index in [9.17, 15) is 24.0 Å². The fourth-order valence-corrected chi connectivity index (χ4v) is 4.17. The van der Waals surface area contributed by atoms with E-state index in [0.29, 0.717) is 16.1 Å². The zero-order valence-corrected chi connectivity index (χ0v) is 19.2. The number of hydrogen-bond donors (Lipinski definition) is 1. The highest BCUT2D eigenvalue weighted by Crippen LogP contribution is 2.27. The molecule has 0 saturated heterocycles. The Labute approximate surface area is 192 Å². The van der Waals surface area contributed by atoms with E-state index in [2.05, 4.69) is 19.5 Å². The third kappa shape index (κ3) is 6.34. The molecule has 3 rings (SSSR count). The Kier molecular flexibility index (Phi) is 9.29. The van der Waals surface area contributed by atoms with Crippen molar-refractivity contribution >= 4 is 58.0 Å². The smallest absolute Gasteiger partial charge is 0.336 e. The van der Waals surface area contributed by atoms with Crippen molar-refractivity contribution in [1.29, 1.82) is 0 Å². The molecule has 0 spiro atoms. The highest BCUT2D eigenvalue weighted by Gasteiger charge is 2.32. The fraction of sp³-hybridized carbons (Fsp3) is 0.286. The van der Waals surface area contributed by atoms with Crippen molar-refractivity contribution in [3.8, 4) is 0 Å². The molecule has 9 nitrogen and oxygen atoms in total. The normalized spacial score (nSPS) is 13.4. The summed E-state index contributed by atoms with van der Waals surface area (Å²) in [6, 6.07) is 7.02. The molecule has 2 aromatic rings. The summed E-state index contributed by atoms with van der Waals surface area (Å²) in [5, 5.41) is 6.28. The zero-order chi connectivity index (χ0) is 23.7. The Bertz CT molecular complexity index is 1010. The van der Waals surface area contributed by atoms with Gasteiger partial charge in [0.15, 0.2) is 5.78 Å². The SMILES string of the molecule is COC(=O)C1=C(c2cccs2)NC(=O)C1.COC(=O)CC(C(=O)OC)C(=O)c1cccs1. The van der Waals surface area contributed by atoms with Crippen LogP contribution in [-0.4, -0.2) is 50.9 Å². The van der Waals surface area contributed by atoms with Gasteiger partial charge < -0.3 is 19.5 Å². The van der Waals surface area contributed by atoms with Crippen LogP contribution in [0.1, 0.15) is 27.4 Å². The van der Waals surface area contributed by atoms with E-state index in [-0.39, 0.29) is 18.7 Å². The number of rotatable bonds is 7. The van der Waals surface area contributed by atoms with Gasteiger partial charge in [-0.25, -0.2) is 4.79 Å². The van der Waals surface area contributed by atoms with Crippen LogP contribution in [0.5, 0.6) is 0 Å². The Morgan fingerprint density at radius 1 is 1.00 bits per heavy atom. The number of thiophene rings is 2. The lowest BCUT2D eigenvalue weighted by atomic mass is 9.99. The van der Waals surface area contributed by atoms with Crippen LogP contribution in [0.15, 0.2) is 40.6 Å². The van der Waals surface area contributed by atoms with Gasteiger partial charge in [-0.05, 0) is 22.9 Å². The molecule has 0 fully saturated rings. The number of Topliss-reactive ketones (excluding diaryl/α,β-unsaturated/α-hetero) is 1. The molecule has 0 saturated carbocycles.